The molecule has 21 heavy (non-hydrogen) atoms. The molecule has 2 N–H and O–H groups in total. The second-order valence-corrected chi connectivity index (χ2v) is 4.98. The van der Waals surface area contributed by atoms with E-state index in [0.717, 1.165) is 24.8 Å². The van der Waals surface area contributed by atoms with Gasteiger partial charge in [-0.2, -0.15) is 0 Å². The Morgan fingerprint density at radius 1 is 0.952 bits per heavy atom. The monoisotopic (exact) mass is 294 g/mol. The average Bonchev–Trinajstić information content (AvgIpc) is 2.49. The van der Waals surface area contributed by atoms with Crippen LogP contribution in [0.15, 0.2) is 24.3 Å². The molecule has 0 saturated carbocycles. The van der Waals surface area contributed by atoms with E-state index in [-0.39, 0.29) is 12.4 Å². The summed E-state index contributed by atoms with van der Waals surface area (Å²) >= 11 is 0. The topological polar surface area (TPSA) is 58.2 Å². The number of amides is 2. The number of carbonyl (C=O) groups excluding carboxylic acids is 2. The Balaban J connectivity index is 2.16. The first-order chi connectivity index (χ1) is 10.1. The summed E-state index contributed by atoms with van der Waals surface area (Å²) in [7, 11) is 0. The SMILES string of the molecule is CCCCCCCNC(=O)C(=O)NCc1ccc(F)cc1. The Morgan fingerprint density at radius 2 is 1.57 bits per heavy atom. The average molecular weight is 294 g/mol. The van der Waals surface area contributed by atoms with E-state index in [2.05, 4.69) is 17.6 Å². The number of benzene rings is 1. The third-order valence-electron chi connectivity index (χ3n) is 3.14. The summed E-state index contributed by atoms with van der Waals surface area (Å²) in [5.74, 6) is -1.61. The van der Waals surface area contributed by atoms with Gasteiger partial charge >= 0.3 is 11.8 Å². The van der Waals surface area contributed by atoms with Crippen LogP contribution in [0.5, 0.6) is 0 Å². The molecular formula is C16H23FN2O2. The Hall–Kier alpha value is -1.91. The minimum Gasteiger partial charge on any atom is -0.348 e. The number of unbranched alkanes of at least 4 members (excludes halogenated alkanes) is 4. The van der Waals surface area contributed by atoms with Gasteiger partial charge in [-0.25, -0.2) is 4.39 Å². The van der Waals surface area contributed by atoms with Crippen molar-refractivity contribution < 1.29 is 14.0 Å². The zero-order valence-electron chi connectivity index (χ0n) is 12.5. The standard InChI is InChI=1S/C16H23FN2O2/c1-2-3-4-5-6-11-18-15(20)16(21)19-12-13-7-9-14(17)10-8-13/h7-10H,2-6,11-12H2,1H3,(H,18,20)(H,19,21). The Labute approximate surface area is 125 Å². The molecule has 4 nitrogen and oxygen atoms in total. The lowest BCUT2D eigenvalue weighted by Gasteiger charge is -2.06. The van der Waals surface area contributed by atoms with Crippen molar-refractivity contribution in [2.24, 2.45) is 0 Å². The van der Waals surface area contributed by atoms with Crippen molar-refractivity contribution >= 4 is 11.8 Å². The molecule has 0 radical (unpaired) electrons. The van der Waals surface area contributed by atoms with Crippen LogP contribution in [0.4, 0.5) is 4.39 Å². The van der Waals surface area contributed by atoms with Crippen LogP contribution >= 0.6 is 0 Å². The third kappa shape index (κ3) is 7.44. The maximum absolute atomic E-state index is 12.7. The van der Waals surface area contributed by atoms with Crippen molar-refractivity contribution in [3.8, 4) is 0 Å². The fourth-order valence-corrected chi connectivity index (χ4v) is 1.88. The number of halogens is 1. The van der Waals surface area contributed by atoms with Crippen LogP contribution in [-0.4, -0.2) is 18.4 Å². The van der Waals surface area contributed by atoms with Gasteiger partial charge in [0.05, 0.1) is 0 Å². The maximum atomic E-state index is 12.7. The lowest BCUT2D eigenvalue weighted by Crippen LogP contribution is -2.39. The number of nitrogens with one attached hydrogen (secondary N) is 2. The summed E-state index contributed by atoms with van der Waals surface area (Å²) in [5.41, 5.74) is 0.747. The van der Waals surface area contributed by atoms with E-state index < -0.39 is 11.8 Å². The molecule has 1 rings (SSSR count). The molecule has 0 spiro atoms. The van der Waals surface area contributed by atoms with Crippen LogP contribution in [0.3, 0.4) is 0 Å². The minimum atomic E-state index is -0.659. The molecule has 0 unspecified atom stereocenters. The molecule has 0 atom stereocenters. The number of carbonyl (C=O) groups is 2. The van der Waals surface area contributed by atoms with Gasteiger partial charge in [-0.3, -0.25) is 9.59 Å². The predicted molar refractivity (Wildman–Crippen MR) is 80.0 cm³/mol. The lowest BCUT2D eigenvalue weighted by atomic mass is 10.1. The largest absolute Gasteiger partial charge is 0.348 e. The fraction of sp³-hybridized carbons (Fsp3) is 0.500. The quantitative estimate of drug-likeness (QED) is 0.572. The minimum absolute atomic E-state index is 0.211. The number of hydrogen-bond acceptors (Lipinski definition) is 2. The molecular weight excluding hydrogens is 271 g/mol. The first-order valence-electron chi connectivity index (χ1n) is 7.44. The van der Waals surface area contributed by atoms with Gasteiger partial charge in [0.15, 0.2) is 0 Å². The molecule has 0 saturated heterocycles. The van der Waals surface area contributed by atoms with Gasteiger partial charge in [-0.05, 0) is 24.1 Å². The highest BCUT2D eigenvalue weighted by molar-refractivity contribution is 6.35. The highest BCUT2D eigenvalue weighted by Gasteiger charge is 2.11. The zero-order valence-corrected chi connectivity index (χ0v) is 12.5. The molecule has 0 aliphatic carbocycles. The van der Waals surface area contributed by atoms with E-state index in [1.165, 1.54) is 25.0 Å². The van der Waals surface area contributed by atoms with Crippen LogP contribution in [-0.2, 0) is 16.1 Å². The lowest BCUT2D eigenvalue weighted by molar-refractivity contribution is -0.139. The van der Waals surface area contributed by atoms with Crippen molar-refractivity contribution in [2.45, 2.75) is 45.6 Å². The molecule has 2 amide bonds. The summed E-state index contributed by atoms with van der Waals surface area (Å²) in [6.45, 7) is 2.88. The van der Waals surface area contributed by atoms with Gasteiger partial charge < -0.3 is 10.6 Å². The van der Waals surface area contributed by atoms with Crippen LogP contribution in [0.1, 0.15) is 44.6 Å². The second-order valence-electron chi connectivity index (χ2n) is 4.98. The van der Waals surface area contributed by atoms with Crippen molar-refractivity contribution in [1.29, 1.82) is 0 Å². The van der Waals surface area contributed by atoms with Crippen LogP contribution in [0.2, 0.25) is 0 Å². The zero-order chi connectivity index (χ0) is 15.5. The molecule has 0 fully saturated rings. The second kappa shape index (κ2) is 9.91. The van der Waals surface area contributed by atoms with Gasteiger partial charge in [0.2, 0.25) is 0 Å². The summed E-state index contributed by atoms with van der Waals surface area (Å²) in [5, 5.41) is 5.10. The molecule has 0 aliphatic heterocycles. The van der Waals surface area contributed by atoms with E-state index in [0.29, 0.717) is 6.54 Å². The van der Waals surface area contributed by atoms with E-state index in [9.17, 15) is 14.0 Å². The van der Waals surface area contributed by atoms with Crippen molar-refractivity contribution in [3.05, 3.63) is 35.6 Å². The summed E-state index contributed by atoms with van der Waals surface area (Å²) in [6, 6.07) is 5.78. The van der Waals surface area contributed by atoms with Gasteiger partial charge in [0.1, 0.15) is 5.82 Å². The van der Waals surface area contributed by atoms with Crippen LogP contribution in [0, 0.1) is 5.82 Å². The van der Waals surface area contributed by atoms with Crippen molar-refractivity contribution in [3.63, 3.8) is 0 Å². The first-order valence-corrected chi connectivity index (χ1v) is 7.44. The summed E-state index contributed by atoms with van der Waals surface area (Å²) in [4.78, 5) is 23.1. The summed E-state index contributed by atoms with van der Waals surface area (Å²) in [6.07, 6.45) is 5.48. The molecule has 5 heteroatoms. The normalized spacial score (nSPS) is 10.2. The molecule has 0 heterocycles. The third-order valence-corrected chi connectivity index (χ3v) is 3.14. The number of rotatable bonds is 8. The Morgan fingerprint density at radius 3 is 2.24 bits per heavy atom. The predicted octanol–water partition coefficient (Wildman–Crippen LogP) is 2.53. The smallest absolute Gasteiger partial charge is 0.309 e. The molecule has 0 aliphatic rings. The Bertz CT molecular complexity index is 446. The van der Waals surface area contributed by atoms with Gasteiger partial charge in [-0.15, -0.1) is 0 Å². The molecule has 1 aromatic carbocycles. The van der Waals surface area contributed by atoms with E-state index in [1.807, 2.05) is 0 Å². The van der Waals surface area contributed by atoms with Gasteiger partial charge in [0, 0.05) is 13.1 Å². The van der Waals surface area contributed by atoms with Gasteiger partial charge in [0.25, 0.3) is 0 Å². The molecule has 1 aromatic rings. The highest BCUT2D eigenvalue weighted by Crippen LogP contribution is 2.02. The van der Waals surface area contributed by atoms with Crippen LogP contribution < -0.4 is 10.6 Å². The number of hydrogen-bond donors (Lipinski definition) is 2. The molecule has 0 aromatic heterocycles. The fourth-order valence-electron chi connectivity index (χ4n) is 1.88. The van der Waals surface area contributed by atoms with Crippen molar-refractivity contribution in [2.75, 3.05) is 6.54 Å². The van der Waals surface area contributed by atoms with E-state index >= 15 is 0 Å². The van der Waals surface area contributed by atoms with Gasteiger partial charge in [-0.1, -0.05) is 44.7 Å². The highest BCUT2D eigenvalue weighted by atomic mass is 19.1. The molecule has 116 valence electrons. The van der Waals surface area contributed by atoms with Crippen molar-refractivity contribution in [1.82, 2.24) is 10.6 Å². The Kier molecular flexibility index (Phi) is 8.09. The summed E-state index contributed by atoms with van der Waals surface area (Å²) < 4.78 is 12.7. The van der Waals surface area contributed by atoms with E-state index in [1.54, 1.807) is 12.1 Å². The maximum Gasteiger partial charge on any atom is 0.309 e. The van der Waals surface area contributed by atoms with E-state index in [4.69, 9.17) is 0 Å². The molecule has 0 bridgehead atoms. The first kappa shape index (κ1) is 17.1. The van der Waals surface area contributed by atoms with Crippen LogP contribution in [0.25, 0.3) is 0 Å².